The van der Waals surface area contributed by atoms with Crippen LogP contribution in [0.2, 0.25) is 0 Å². The number of nitrogens with zero attached hydrogens (tertiary/aromatic N) is 1. The van der Waals surface area contributed by atoms with Crippen molar-refractivity contribution in [2.75, 3.05) is 19.8 Å². The molecule has 0 spiro atoms. The second-order valence-electron chi connectivity index (χ2n) is 10.4. The number of amides is 2. The molecule has 1 aliphatic rings. The Balaban J connectivity index is 1.37. The average molecular weight is 562 g/mol. The molecule has 3 aromatic rings. The smallest absolute Gasteiger partial charge is 0.261 e. The van der Waals surface area contributed by atoms with E-state index in [2.05, 4.69) is 17.6 Å². The molecule has 41 heavy (non-hydrogen) atoms. The van der Waals surface area contributed by atoms with Gasteiger partial charge in [0.05, 0.1) is 6.61 Å². The third-order valence-electron chi connectivity index (χ3n) is 7.14. The van der Waals surface area contributed by atoms with Crippen LogP contribution < -0.4 is 20.1 Å². The van der Waals surface area contributed by atoms with Crippen LogP contribution >= 0.6 is 0 Å². The van der Waals surface area contributed by atoms with Crippen LogP contribution in [0.15, 0.2) is 66.7 Å². The Labute approximate surface area is 242 Å². The van der Waals surface area contributed by atoms with E-state index < -0.39 is 6.04 Å². The summed E-state index contributed by atoms with van der Waals surface area (Å²) >= 11 is 0. The molecule has 3 aromatic carbocycles. The summed E-state index contributed by atoms with van der Waals surface area (Å²) in [5.74, 6) is 0.802. The van der Waals surface area contributed by atoms with Gasteiger partial charge in [0.2, 0.25) is 5.91 Å². The average Bonchev–Trinajstić information content (AvgIpc) is 3.20. The molecular formula is C33H40FN3O4. The molecule has 1 unspecified atom stereocenters. The lowest BCUT2D eigenvalue weighted by Gasteiger charge is -2.30. The van der Waals surface area contributed by atoms with Crippen molar-refractivity contribution in [3.05, 3.63) is 94.8 Å². The second-order valence-corrected chi connectivity index (χ2v) is 10.4. The van der Waals surface area contributed by atoms with Crippen LogP contribution in [0.4, 0.5) is 4.39 Å². The van der Waals surface area contributed by atoms with Gasteiger partial charge in [-0.05, 0) is 73.6 Å². The zero-order valence-corrected chi connectivity index (χ0v) is 24.0. The lowest BCUT2D eigenvalue weighted by molar-refractivity contribution is -0.142. The molecule has 0 aliphatic carbocycles. The summed E-state index contributed by atoms with van der Waals surface area (Å²) in [5, 5.41) is 6.19. The predicted molar refractivity (Wildman–Crippen MR) is 157 cm³/mol. The Morgan fingerprint density at radius 1 is 1.02 bits per heavy atom. The van der Waals surface area contributed by atoms with Crippen molar-refractivity contribution in [2.24, 2.45) is 0 Å². The Hall–Kier alpha value is -3.91. The van der Waals surface area contributed by atoms with Gasteiger partial charge in [-0.25, -0.2) is 4.39 Å². The Bertz CT molecular complexity index is 1300. The van der Waals surface area contributed by atoms with Crippen LogP contribution in [0.1, 0.15) is 54.9 Å². The quantitative estimate of drug-likeness (QED) is 0.297. The number of halogens is 1. The maximum absolute atomic E-state index is 13.8. The number of carbonyl (C=O) groups is 2. The van der Waals surface area contributed by atoms with E-state index in [1.165, 1.54) is 6.07 Å². The molecule has 218 valence electrons. The fraction of sp³-hybridized carbons (Fsp3) is 0.394. The monoisotopic (exact) mass is 561 g/mol. The Morgan fingerprint density at radius 3 is 2.56 bits per heavy atom. The molecule has 7 nitrogen and oxygen atoms in total. The summed E-state index contributed by atoms with van der Waals surface area (Å²) in [7, 11) is 0. The zero-order chi connectivity index (χ0) is 29.0. The van der Waals surface area contributed by atoms with Gasteiger partial charge in [0.15, 0.2) is 6.61 Å². The van der Waals surface area contributed by atoms with E-state index >= 15 is 0 Å². The van der Waals surface area contributed by atoms with Crippen molar-refractivity contribution in [2.45, 2.75) is 65.2 Å². The van der Waals surface area contributed by atoms with E-state index in [4.69, 9.17) is 9.47 Å². The highest BCUT2D eigenvalue weighted by Gasteiger charge is 2.31. The Morgan fingerprint density at radius 2 is 1.80 bits per heavy atom. The van der Waals surface area contributed by atoms with Crippen LogP contribution in [0.5, 0.6) is 11.5 Å². The van der Waals surface area contributed by atoms with Gasteiger partial charge in [0.25, 0.3) is 5.91 Å². The third-order valence-corrected chi connectivity index (χ3v) is 7.14. The lowest BCUT2D eigenvalue weighted by atomic mass is 10.1. The van der Waals surface area contributed by atoms with Gasteiger partial charge in [-0.15, -0.1) is 0 Å². The molecule has 1 fully saturated rings. The minimum Gasteiger partial charge on any atom is -0.493 e. The number of hydrogen-bond acceptors (Lipinski definition) is 5. The predicted octanol–water partition coefficient (Wildman–Crippen LogP) is 5.29. The number of carbonyl (C=O) groups excluding carboxylic acids is 2. The van der Waals surface area contributed by atoms with Gasteiger partial charge in [-0.1, -0.05) is 49.4 Å². The SMILES string of the molecule is CCCOc1ccc(CN(C(=O)COc2ccc(CNCc3ccccc3F)cc2)C2CCCCNC2=O)cc1C. The van der Waals surface area contributed by atoms with Crippen molar-refractivity contribution in [3.8, 4) is 11.5 Å². The van der Waals surface area contributed by atoms with E-state index in [-0.39, 0.29) is 24.2 Å². The fourth-order valence-electron chi connectivity index (χ4n) is 4.89. The molecular weight excluding hydrogens is 521 g/mol. The van der Waals surface area contributed by atoms with Gasteiger partial charge < -0.3 is 25.0 Å². The minimum absolute atomic E-state index is 0.122. The number of ether oxygens (including phenoxy) is 2. The standard InChI is InChI=1S/C33H40FN3O4/c1-3-18-40-31-16-13-26(19-24(31)2)22-37(30-10-6-7-17-36-33(30)39)32(38)23-41-28-14-11-25(12-15-28)20-35-21-27-8-4-5-9-29(27)34/h4-5,8-9,11-16,19,30,35H,3,6-7,10,17-18,20-23H2,1-2H3,(H,36,39). The molecule has 0 aromatic heterocycles. The summed E-state index contributed by atoms with van der Waals surface area (Å²) < 4.78 is 25.5. The topological polar surface area (TPSA) is 79.9 Å². The number of rotatable bonds is 13. The van der Waals surface area contributed by atoms with Crippen LogP contribution in [-0.4, -0.2) is 42.5 Å². The van der Waals surface area contributed by atoms with Gasteiger partial charge in [0.1, 0.15) is 23.4 Å². The van der Waals surface area contributed by atoms with Crippen LogP contribution in [0.3, 0.4) is 0 Å². The van der Waals surface area contributed by atoms with Gasteiger partial charge in [0, 0.05) is 31.7 Å². The molecule has 1 atom stereocenters. The summed E-state index contributed by atoms with van der Waals surface area (Å²) in [6, 6.07) is 19.5. The number of hydrogen-bond donors (Lipinski definition) is 2. The first kappa shape index (κ1) is 30.1. The van der Waals surface area contributed by atoms with E-state index in [1.54, 1.807) is 17.0 Å². The molecule has 0 bridgehead atoms. The first-order valence-corrected chi connectivity index (χ1v) is 14.4. The second kappa shape index (κ2) is 15.2. The molecule has 0 radical (unpaired) electrons. The van der Waals surface area contributed by atoms with E-state index in [0.29, 0.717) is 50.5 Å². The highest BCUT2D eigenvalue weighted by Crippen LogP contribution is 2.23. The first-order valence-electron chi connectivity index (χ1n) is 14.4. The molecule has 2 amide bonds. The zero-order valence-electron chi connectivity index (χ0n) is 24.0. The minimum atomic E-state index is -0.548. The maximum Gasteiger partial charge on any atom is 0.261 e. The lowest BCUT2D eigenvalue weighted by Crippen LogP contribution is -2.49. The van der Waals surface area contributed by atoms with Crippen molar-refractivity contribution < 1.29 is 23.5 Å². The summed E-state index contributed by atoms with van der Waals surface area (Å²) in [4.78, 5) is 28.0. The summed E-state index contributed by atoms with van der Waals surface area (Å²) in [6.45, 7) is 6.45. The molecule has 1 heterocycles. The maximum atomic E-state index is 13.8. The van der Waals surface area contributed by atoms with Crippen molar-refractivity contribution in [1.82, 2.24) is 15.5 Å². The molecule has 0 saturated carbocycles. The largest absolute Gasteiger partial charge is 0.493 e. The number of benzene rings is 3. The van der Waals surface area contributed by atoms with Crippen molar-refractivity contribution in [1.29, 1.82) is 0 Å². The normalized spacial score (nSPS) is 15.1. The first-order chi connectivity index (χ1) is 19.9. The van der Waals surface area contributed by atoms with Gasteiger partial charge >= 0.3 is 0 Å². The molecule has 1 saturated heterocycles. The van der Waals surface area contributed by atoms with Crippen molar-refractivity contribution >= 4 is 11.8 Å². The third kappa shape index (κ3) is 8.79. The molecule has 1 aliphatic heterocycles. The van der Waals surface area contributed by atoms with Gasteiger partial charge in [-0.2, -0.15) is 0 Å². The van der Waals surface area contributed by atoms with Crippen molar-refractivity contribution in [3.63, 3.8) is 0 Å². The fourth-order valence-corrected chi connectivity index (χ4v) is 4.89. The molecule has 8 heteroatoms. The highest BCUT2D eigenvalue weighted by molar-refractivity contribution is 5.88. The van der Waals surface area contributed by atoms with Crippen LogP contribution in [-0.2, 0) is 29.2 Å². The molecule has 2 N–H and O–H groups in total. The Kier molecular flexibility index (Phi) is 11.1. The van der Waals surface area contributed by atoms with E-state index in [1.807, 2.05) is 55.5 Å². The van der Waals surface area contributed by atoms with E-state index in [9.17, 15) is 14.0 Å². The van der Waals surface area contributed by atoms with Crippen LogP contribution in [0, 0.1) is 12.7 Å². The summed E-state index contributed by atoms with van der Waals surface area (Å²) in [6.07, 6.45) is 3.30. The highest BCUT2D eigenvalue weighted by atomic mass is 19.1. The summed E-state index contributed by atoms with van der Waals surface area (Å²) in [5.41, 5.74) is 3.56. The van der Waals surface area contributed by atoms with E-state index in [0.717, 1.165) is 41.7 Å². The number of nitrogens with one attached hydrogen (secondary N) is 2. The van der Waals surface area contributed by atoms with Gasteiger partial charge in [-0.3, -0.25) is 9.59 Å². The number of aryl methyl sites for hydroxylation is 1. The van der Waals surface area contributed by atoms with Crippen LogP contribution in [0.25, 0.3) is 0 Å². The molecule has 4 rings (SSSR count).